The molecule has 1 aromatic heterocycles. The smallest absolute Gasteiger partial charge is 0.190 e. The standard InChI is InChI=1S/C13H15N5S/c1-18-10-16-17-12(18)19-8-7-13(15,9-14)11-5-3-2-4-6-11/h2-6,10H,7-8,15H2,1H3. The van der Waals surface area contributed by atoms with E-state index in [9.17, 15) is 5.26 Å². The molecule has 6 heteroatoms. The van der Waals surface area contributed by atoms with Crippen molar-refractivity contribution in [2.45, 2.75) is 17.1 Å². The number of aromatic nitrogens is 3. The number of rotatable bonds is 5. The molecule has 2 N–H and O–H groups in total. The van der Waals surface area contributed by atoms with Gasteiger partial charge in [-0.2, -0.15) is 5.26 Å². The number of nitrogens with two attached hydrogens (primary N) is 1. The summed E-state index contributed by atoms with van der Waals surface area (Å²) >= 11 is 1.55. The zero-order valence-electron chi connectivity index (χ0n) is 10.7. The minimum absolute atomic E-state index is 0.561. The molecule has 0 amide bonds. The second-order valence-corrected chi connectivity index (χ2v) is 5.33. The van der Waals surface area contributed by atoms with E-state index >= 15 is 0 Å². The lowest BCUT2D eigenvalue weighted by Gasteiger charge is -2.21. The van der Waals surface area contributed by atoms with Gasteiger partial charge in [0.05, 0.1) is 6.07 Å². The molecular formula is C13H15N5S. The predicted molar refractivity (Wildman–Crippen MR) is 74.3 cm³/mol. The Bertz CT molecular complexity index is 574. The third-order valence-electron chi connectivity index (χ3n) is 2.89. The molecule has 1 unspecified atom stereocenters. The van der Waals surface area contributed by atoms with Crippen LogP contribution in [0.2, 0.25) is 0 Å². The van der Waals surface area contributed by atoms with Gasteiger partial charge in [0.15, 0.2) is 5.16 Å². The largest absolute Gasteiger partial charge is 0.312 e. The molecule has 98 valence electrons. The minimum Gasteiger partial charge on any atom is -0.312 e. The Morgan fingerprint density at radius 1 is 1.42 bits per heavy atom. The number of thioether (sulfide) groups is 1. The summed E-state index contributed by atoms with van der Waals surface area (Å²) < 4.78 is 1.84. The normalized spacial score (nSPS) is 13.7. The summed E-state index contributed by atoms with van der Waals surface area (Å²) in [6, 6.07) is 11.7. The summed E-state index contributed by atoms with van der Waals surface area (Å²) in [7, 11) is 1.89. The molecule has 1 heterocycles. The SMILES string of the molecule is Cn1cnnc1SCCC(N)(C#N)c1ccccc1. The lowest BCUT2D eigenvalue weighted by atomic mass is 9.90. The lowest BCUT2D eigenvalue weighted by molar-refractivity contribution is 0.559. The summed E-state index contributed by atoms with van der Waals surface area (Å²) in [6.45, 7) is 0. The maximum Gasteiger partial charge on any atom is 0.190 e. The van der Waals surface area contributed by atoms with Gasteiger partial charge in [-0.25, -0.2) is 0 Å². The van der Waals surface area contributed by atoms with Gasteiger partial charge < -0.3 is 10.3 Å². The third kappa shape index (κ3) is 3.13. The third-order valence-corrected chi connectivity index (χ3v) is 3.92. The molecule has 2 rings (SSSR count). The van der Waals surface area contributed by atoms with Crippen LogP contribution >= 0.6 is 11.8 Å². The Morgan fingerprint density at radius 3 is 2.74 bits per heavy atom. The van der Waals surface area contributed by atoms with Gasteiger partial charge in [-0.05, 0) is 12.0 Å². The zero-order valence-corrected chi connectivity index (χ0v) is 11.5. The summed E-state index contributed by atoms with van der Waals surface area (Å²) in [6.07, 6.45) is 2.21. The maximum atomic E-state index is 9.33. The first-order chi connectivity index (χ1) is 9.15. The lowest BCUT2D eigenvalue weighted by Crippen LogP contribution is -2.35. The van der Waals surface area contributed by atoms with Gasteiger partial charge in [-0.3, -0.25) is 0 Å². The fraction of sp³-hybridized carbons (Fsp3) is 0.308. The van der Waals surface area contributed by atoms with Crippen molar-refractivity contribution >= 4 is 11.8 Å². The maximum absolute atomic E-state index is 9.33. The molecule has 5 nitrogen and oxygen atoms in total. The van der Waals surface area contributed by atoms with Crippen LogP contribution in [0.5, 0.6) is 0 Å². The van der Waals surface area contributed by atoms with Crippen molar-refractivity contribution < 1.29 is 0 Å². The zero-order chi connectivity index (χ0) is 13.7. The summed E-state index contributed by atoms with van der Waals surface area (Å²) in [5, 5.41) is 18.0. The van der Waals surface area contributed by atoms with Crippen molar-refractivity contribution in [3.05, 3.63) is 42.2 Å². The molecular weight excluding hydrogens is 258 g/mol. The molecule has 0 aliphatic carbocycles. The fourth-order valence-corrected chi connectivity index (χ4v) is 2.67. The van der Waals surface area contributed by atoms with Gasteiger partial charge in [-0.15, -0.1) is 10.2 Å². The number of benzene rings is 1. The molecule has 0 spiro atoms. The number of nitrogens with zero attached hydrogens (tertiary/aromatic N) is 4. The highest BCUT2D eigenvalue weighted by Gasteiger charge is 2.26. The average Bonchev–Trinajstić information content (AvgIpc) is 2.85. The van der Waals surface area contributed by atoms with Crippen molar-refractivity contribution in [2.24, 2.45) is 12.8 Å². The van der Waals surface area contributed by atoms with Gasteiger partial charge in [0.2, 0.25) is 0 Å². The van der Waals surface area contributed by atoms with E-state index < -0.39 is 5.54 Å². The molecule has 0 fully saturated rings. The van der Waals surface area contributed by atoms with Crippen LogP contribution in [0.3, 0.4) is 0 Å². The predicted octanol–water partition coefficient (Wildman–Crippen LogP) is 1.68. The Labute approximate surface area is 116 Å². The van der Waals surface area contributed by atoms with Crippen LogP contribution in [-0.2, 0) is 12.6 Å². The van der Waals surface area contributed by atoms with E-state index in [2.05, 4.69) is 16.3 Å². The van der Waals surface area contributed by atoms with Crippen molar-refractivity contribution in [1.82, 2.24) is 14.8 Å². The first-order valence-corrected chi connectivity index (χ1v) is 6.87. The van der Waals surface area contributed by atoms with E-state index in [1.165, 1.54) is 0 Å². The van der Waals surface area contributed by atoms with Gasteiger partial charge in [0, 0.05) is 12.8 Å². The van der Waals surface area contributed by atoms with Crippen molar-refractivity contribution in [2.75, 3.05) is 5.75 Å². The van der Waals surface area contributed by atoms with Crippen molar-refractivity contribution in [3.63, 3.8) is 0 Å². The molecule has 0 aliphatic heterocycles. The highest BCUT2D eigenvalue weighted by Crippen LogP contribution is 2.25. The monoisotopic (exact) mass is 273 g/mol. The Kier molecular flexibility index (Phi) is 4.20. The van der Waals surface area contributed by atoms with Crippen LogP contribution in [0.4, 0.5) is 0 Å². The Morgan fingerprint density at radius 2 is 2.16 bits per heavy atom. The van der Waals surface area contributed by atoms with Gasteiger partial charge in [-0.1, -0.05) is 42.1 Å². The van der Waals surface area contributed by atoms with Gasteiger partial charge >= 0.3 is 0 Å². The van der Waals surface area contributed by atoms with Crippen LogP contribution in [0.25, 0.3) is 0 Å². The first-order valence-electron chi connectivity index (χ1n) is 5.88. The van der Waals surface area contributed by atoms with E-state index in [1.54, 1.807) is 18.1 Å². The number of aryl methyl sites for hydroxylation is 1. The molecule has 0 bridgehead atoms. The average molecular weight is 273 g/mol. The van der Waals surface area contributed by atoms with Gasteiger partial charge in [0.25, 0.3) is 0 Å². The van der Waals surface area contributed by atoms with Gasteiger partial charge in [0.1, 0.15) is 11.9 Å². The molecule has 0 saturated carbocycles. The second kappa shape index (κ2) is 5.87. The van der Waals surface area contributed by atoms with E-state index in [4.69, 9.17) is 5.73 Å². The second-order valence-electron chi connectivity index (χ2n) is 4.27. The van der Waals surface area contributed by atoms with Crippen LogP contribution in [0, 0.1) is 11.3 Å². The number of hydrogen-bond acceptors (Lipinski definition) is 5. The molecule has 0 saturated heterocycles. The van der Waals surface area contributed by atoms with E-state index in [-0.39, 0.29) is 0 Å². The van der Waals surface area contributed by atoms with E-state index in [0.29, 0.717) is 12.2 Å². The summed E-state index contributed by atoms with van der Waals surface area (Å²) in [5.74, 6) is 0.714. The quantitative estimate of drug-likeness (QED) is 0.838. The summed E-state index contributed by atoms with van der Waals surface area (Å²) in [4.78, 5) is 0. The van der Waals surface area contributed by atoms with Crippen LogP contribution in [0.1, 0.15) is 12.0 Å². The van der Waals surface area contributed by atoms with E-state index in [0.717, 1.165) is 10.7 Å². The minimum atomic E-state index is -0.952. The first kappa shape index (κ1) is 13.6. The molecule has 1 atom stereocenters. The van der Waals surface area contributed by atoms with Crippen molar-refractivity contribution in [1.29, 1.82) is 5.26 Å². The van der Waals surface area contributed by atoms with Crippen LogP contribution < -0.4 is 5.73 Å². The topological polar surface area (TPSA) is 80.5 Å². The van der Waals surface area contributed by atoms with Crippen LogP contribution in [0.15, 0.2) is 41.8 Å². The Hall–Kier alpha value is -1.84. The molecule has 0 radical (unpaired) electrons. The fourth-order valence-electron chi connectivity index (χ4n) is 1.71. The molecule has 1 aromatic carbocycles. The molecule has 2 aromatic rings. The van der Waals surface area contributed by atoms with Crippen molar-refractivity contribution in [3.8, 4) is 6.07 Å². The van der Waals surface area contributed by atoms with Crippen LogP contribution in [-0.4, -0.2) is 20.5 Å². The van der Waals surface area contributed by atoms with E-state index in [1.807, 2.05) is 41.9 Å². The molecule has 19 heavy (non-hydrogen) atoms. The highest BCUT2D eigenvalue weighted by molar-refractivity contribution is 7.99. The Balaban J connectivity index is 2.01. The molecule has 0 aliphatic rings. The number of hydrogen-bond donors (Lipinski definition) is 1. The summed E-state index contributed by atoms with van der Waals surface area (Å²) in [5.41, 5.74) is 6.07. The number of nitriles is 1. The highest BCUT2D eigenvalue weighted by atomic mass is 32.2.